The summed E-state index contributed by atoms with van der Waals surface area (Å²) >= 11 is 0. The van der Waals surface area contributed by atoms with Crippen molar-refractivity contribution in [1.82, 2.24) is 0 Å². The molecule has 0 radical (unpaired) electrons. The summed E-state index contributed by atoms with van der Waals surface area (Å²) in [6.07, 6.45) is 1.04. The Morgan fingerprint density at radius 3 is 2.46 bits per heavy atom. The first-order chi connectivity index (χ1) is 5.95. The minimum atomic E-state index is -3.35. The van der Waals surface area contributed by atoms with E-state index in [9.17, 15) is 12.8 Å². The van der Waals surface area contributed by atoms with Crippen LogP contribution in [-0.2, 0) is 9.84 Å². The summed E-state index contributed by atoms with van der Waals surface area (Å²) in [6, 6.07) is 3.30. The fourth-order valence-corrected chi connectivity index (χ4v) is 1.77. The SMILES string of the molecule is COc1cc(F)ccc1S(C)(=O)=O. The quantitative estimate of drug-likeness (QED) is 0.681. The van der Waals surface area contributed by atoms with E-state index in [-0.39, 0.29) is 10.6 Å². The summed E-state index contributed by atoms with van der Waals surface area (Å²) in [7, 11) is -2.06. The molecule has 0 bridgehead atoms. The number of rotatable bonds is 2. The van der Waals surface area contributed by atoms with Crippen LogP contribution in [0, 0.1) is 5.82 Å². The van der Waals surface area contributed by atoms with Gasteiger partial charge >= 0.3 is 0 Å². The van der Waals surface area contributed by atoms with Crippen molar-refractivity contribution < 1.29 is 17.5 Å². The molecule has 0 aliphatic rings. The fraction of sp³-hybridized carbons (Fsp3) is 0.250. The molecule has 0 aromatic heterocycles. The standard InChI is InChI=1S/C8H9FO3S/c1-12-7-5-6(9)3-4-8(7)13(2,10)11/h3-5H,1-2H3. The summed E-state index contributed by atoms with van der Waals surface area (Å²) in [5.41, 5.74) is 0. The monoisotopic (exact) mass is 204 g/mol. The van der Waals surface area contributed by atoms with Crippen molar-refractivity contribution in [2.24, 2.45) is 0 Å². The normalized spacial score (nSPS) is 11.3. The van der Waals surface area contributed by atoms with E-state index < -0.39 is 15.7 Å². The lowest BCUT2D eigenvalue weighted by molar-refractivity contribution is 0.399. The lowest BCUT2D eigenvalue weighted by Gasteiger charge is -2.05. The highest BCUT2D eigenvalue weighted by Crippen LogP contribution is 2.23. The largest absolute Gasteiger partial charge is 0.495 e. The summed E-state index contributed by atoms with van der Waals surface area (Å²) in [4.78, 5) is -0.00333. The van der Waals surface area contributed by atoms with Crippen LogP contribution >= 0.6 is 0 Å². The predicted molar refractivity (Wildman–Crippen MR) is 46.1 cm³/mol. The molecule has 1 aromatic carbocycles. The van der Waals surface area contributed by atoms with Crippen LogP contribution in [0.1, 0.15) is 0 Å². The number of benzene rings is 1. The van der Waals surface area contributed by atoms with Crippen molar-refractivity contribution in [3.63, 3.8) is 0 Å². The number of sulfone groups is 1. The first-order valence-electron chi connectivity index (χ1n) is 3.49. The fourth-order valence-electron chi connectivity index (χ4n) is 0.948. The Balaban J connectivity index is 3.39. The van der Waals surface area contributed by atoms with E-state index in [1.165, 1.54) is 13.2 Å². The second-order valence-electron chi connectivity index (χ2n) is 2.57. The van der Waals surface area contributed by atoms with Crippen molar-refractivity contribution >= 4 is 9.84 Å². The van der Waals surface area contributed by atoms with E-state index >= 15 is 0 Å². The zero-order chi connectivity index (χ0) is 10.1. The molecule has 0 N–H and O–H groups in total. The molecule has 0 aliphatic heterocycles. The molecule has 0 saturated carbocycles. The molecule has 1 rings (SSSR count). The van der Waals surface area contributed by atoms with E-state index in [2.05, 4.69) is 0 Å². The van der Waals surface area contributed by atoms with E-state index in [1.54, 1.807) is 0 Å². The molecule has 0 unspecified atom stereocenters. The summed E-state index contributed by atoms with van der Waals surface area (Å²) in [6.45, 7) is 0. The Bertz CT molecular complexity index is 411. The van der Waals surface area contributed by atoms with Gasteiger partial charge in [0, 0.05) is 12.3 Å². The Hall–Kier alpha value is -1.10. The topological polar surface area (TPSA) is 43.4 Å². The maximum absolute atomic E-state index is 12.6. The van der Waals surface area contributed by atoms with Crippen LogP contribution in [0.2, 0.25) is 0 Å². The van der Waals surface area contributed by atoms with Crippen molar-refractivity contribution in [3.05, 3.63) is 24.0 Å². The van der Waals surface area contributed by atoms with Crippen molar-refractivity contribution in [2.75, 3.05) is 13.4 Å². The van der Waals surface area contributed by atoms with Gasteiger partial charge in [-0.1, -0.05) is 0 Å². The summed E-state index contributed by atoms with van der Waals surface area (Å²) in [5.74, 6) is -0.494. The van der Waals surface area contributed by atoms with Gasteiger partial charge in [0.15, 0.2) is 9.84 Å². The first kappa shape index (κ1) is 9.98. The number of halogens is 1. The Kier molecular flexibility index (Phi) is 2.56. The van der Waals surface area contributed by atoms with Gasteiger partial charge in [0.25, 0.3) is 0 Å². The van der Waals surface area contributed by atoms with Gasteiger partial charge in [0.05, 0.1) is 7.11 Å². The van der Waals surface area contributed by atoms with E-state index in [0.29, 0.717) is 0 Å². The van der Waals surface area contributed by atoms with E-state index in [0.717, 1.165) is 18.4 Å². The van der Waals surface area contributed by atoms with E-state index in [1.807, 2.05) is 0 Å². The molecule has 13 heavy (non-hydrogen) atoms. The average molecular weight is 204 g/mol. The molecule has 5 heteroatoms. The molecular weight excluding hydrogens is 195 g/mol. The third-order valence-corrected chi connectivity index (χ3v) is 2.66. The van der Waals surface area contributed by atoms with Crippen LogP contribution in [-0.4, -0.2) is 21.8 Å². The van der Waals surface area contributed by atoms with Crippen molar-refractivity contribution in [1.29, 1.82) is 0 Å². The minimum absolute atomic E-state index is 0.00333. The molecule has 0 saturated heterocycles. The van der Waals surface area contributed by atoms with Crippen LogP contribution in [0.3, 0.4) is 0 Å². The highest BCUT2D eigenvalue weighted by Gasteiger charge is 2.14. The number of hydrogen-bond acceptors (Lipinski definition) is 3. The minimum Gasteiger partial charge on any atom is -0.495 e. The molecule has 1 aromatic rings. The van der Waals surface area contributed by atoms with Crippen molar-refractivity contribution in [2.45, 2.75) is 4.90 Å². The molecule has 0 heterocycles. The van der Waals surface area contributed by atoms with Gasteiger partial charge in [-0.25, -0.2) is 12.8 Å². The summed E-state index contributed by atoms with van der Waals surface area (Å²) in [5, 5.41) is 0. The predicted octanol–water partition coefficient (Wildman–Crippen LogP) is 1.24. The second kappa shape index (κ2) is 3.33. The number of hydrogen-bond donors (Lipinski definition) is 0. The molecular formula is C8H9FO3S. The van der Waals surface area contributed by atoms with Crippen LogP contribution < -0.4 is 4.74 Å². The molecule has 3 nitrogen and oxygen atoms in total. The van der Waals surface area contributed by atoms with Crippen LogP contribution in [0.5, 0.6) is 5.75 Å². The van der Waals surface area contributed by atoms with Gasteiger partial charge in [-0.2, -0.15) is 0 Å². The second-order valence-corrected chi connectivity index (χ2v) is 4.55. The van der Waals surface area contributed by atoms with Gasteiger partial charge in [0.2, 0.25) is 0 Å². The number of methoxy groups -OCH3 is 1. The first-order valence-corrected chi connectivity index (χ1v) is 5.38. The highest BCUT2D eigenvalue weighted by atomic mass is 32.2. The third kappa shape index (κ3) is 2.18. The Labute approximate surface area is 76.1 Å². The molecule has 0 aliphatic carbocycles. The smallest absolute Gasteiger partial charge is 0.179 e. The van der Waals surface area contributed by atoms with Crippen LogP contribution in [0.25, 0.3) is 0 Å². The molecule has 72 valence electrons. The van der Waals surface area contributed by atoms with Gasteiger partial charge in [-0.15, -0.1) is 0 Å². The van der Waals surface area contributed by atoms with Gasteiger partial charge in [0.1, 0.15) is 16.5 Å². The molecule has 0 fully saturated rings. The molecule has 0 atom stereocenters. The van der Waals surface area contributed by atoms with E-state index in [4.69, 9.17) is 4.74 Å². The van der Waals surface area contributed by atoms with Crippen LogP contribution in [0.4, 0.5) is 4.39 Å². The lowest BCUT2D eigenvalue weighted by atomic mass is 10.3. The van der Waals surface area contributed by atoms with Gasteiger partial charge in [-0.05, 0) is 12.1 Å². The zero-order valence-electron chi connectivity index (χ0n) is 7.24. The number of ether oxygens (including phenoxy) is 1. The van der Waals surface area contributed by atoms with Crippen LogP contribution in [0.15, 0.2) is 23.1 Å². The Morgan fingerprint density at radius 2 is 2.00 bits per heavy atom. The van der Waals surface area contributed by atoms with Gasteiger partial charge in [-0.3, -0.25) is 0 Å². The zero-order valence-corrected chi connectivity index (χ0v) is 8.06. The highest BCUT2D eigenvalue weighted by molar-refractivity contribution is 7.90. The summed E-state index contributed by atoms with van der Waals surface area (Å²) < 4.78 is 39.6. The average Bonchev–Trinajstić information content (AvgIpc) is 2.01. The third-order valence-electron chi connectivity index (χ3n) is 1.53. The van der Waals surface area contributed by atoms with Crippen molar-refractivity contribution in [3.8, 4) is 5.75 Å². The van der Waals surface area contributed by atoms with Gasteiger partial charge < -0.3 is 4.74 Å². The maximum Gasteiger partial charge on any atom is 0.179 e. The molecule has 0 amide bonds. The Morgan fingerprint density at radius 1 is 1.38 bits per heavy atom. The molecule has 0 spiro atoms. The maximum atomic E-state index is 12.6. The lowest BCUT2D eigenvalue weighted by Crippen LogP contribution is -2.00.